The Kier molecular flexibility index (Phi) is 10.4. The van der Waals surface area contributed by atoms with Gasteiger partial charge in [0.1, 0.15) is 6.04 Å². The zero-order valence-electron chi connectivity index (χ0n) is 12.8. The molecule has 0 aromatic heterocycles. The molecule has 0 fully saturated rings. The molecule has 0 aliphatic carbocycles. The van der Waals surface area contributed by atoms with Gasteiger partial charge >= 0.3 is 5.97 Å². The van der Waals surface area contributed by atoms with Gasteiger partial charge in [-0.1, -0.05) is 59.3 Å². The Balaban J connectivity index is 4.20. The first kappa shape index (κ1) is 18.8. The third-order valence-electron chi connectivity index (χ3n) is 3.55. The normalized spacial score (nSPS) is 16.0. The summed E-state index contributed by atoms with van der Waals surface area (Å²) < 4.78 is 0.191. The third-order valence-corrected chi connectivity index (χ3v) is 5.18. The Hall–Kier alpha value is -0.220. The van der Waals surface area contributed by atoms with Gasteiger partial charge in [-0.05, 0) is 12.8 Å². The van der Waals surface area contributed by atoms with Gasteiger partial charge in [0.15, 0.2) is 0 Å². The van der Waals surface area contributed by atoms with Crippen LogP contribution in [0.5, 0.6) is 0 Å². The fourth-order valence-corrected chi connectivity index (χ4v) is 3.41. The Bertz CT molecular complexity index is 248. The van der Waals surface area contributed by atoms with Gasteiger partial charge in [0.05, 0.1) is 0 Å². The molecular weight excluding hydrogens is 258 g/mol. The molecule has 0 aliphatic heterocycles. The molecule has 0 saturated heterocycles. The van der Waals surface area contributed by atoms with E-state index in [2.05, 4.69) is 20.8 Å². The van der Waals surface area contributed by atoms with Crippen molar-refractivity contribution in [1.82, 2.24) is 0 Å². The van der Waals surface area contributed by atoms with Crippen molar-refractivity contribution in [1.29, 1.82) is 0 Å². The Morgan fingerprint density at radius 1 is 1.16 bits per heavy atom. The lowest BCUT2D eigenvalue weighted by Gasteiger charge is -2.30. The van der Waals surface area contributed by atoms with Gasteiger partial charge in [0.2, 0.25) is 0 Å². The van der Waals surface area contributed by atoms with Crippen LogP contribution in [0.4, 0.5) is 0 Å². The molecule has 4 heteroatoms. The summed E-state index contributed by atoms with van der Waals surface area (Å²) in [7, 11) is 0. The molecule has 0 saturated carbocycles. The van der Waals surface area contributed by atoms with Crippen molar-refractivity contribution in [2.75, 3.05) is 5.75 Å². The molecule has 114 valence electrons. The number of hydrogen-bond donors (Lipinski definition) is 2. The predicted molar refractivity (Wildman–Crippen MR) is 84.8 cm³/mol. The predicted octanol–water partition coefficient (Wildman–Crippen LogP) is 4.05. The number of carboxylic acid groups (broad SMARTS) is 1. The lowest BCUT2D eigenvalue weighted by atomic mass is 9.96. The van der Waals surface area contributed by atoms with Gasteiger partial charge in [-0.15, -0.1) is 0 Å². The molecule has 0 spiro atoms. The second kappa shape index (κ2) is 10.6. The second-order valence-corrected chi connectivity index (χ2v) is 7.23. The lowest BCUT2D eigenvalue weighted by Crippen LogP contribution is -2.35. The van der Waals surface area contributed by atoms with E-state index in [1.54, 1.807) is 11.8 Å². The SMILES string of the molecule is CCCCCCC(C)(CCCC)SCC(N)C(=O)O. The molecule has 19 heavy (non-hydrogen) atoms. The van der Waals surface area contributed by atoms with Crippen LogP contribution in [0, 0.1) is 0 Å². The van der Waals surface area contributed by atoms with Crippen molar-refractivity contribution < 1.29 is 9.90 Å². The molecule has 3 N–H and O–H groups in total. The van der Waals surface area contributed by atoms with Gasteiger partial charge < -0.3 is 10.8 Å². The highest BCUT2D eigenvalue weighted by atomic mass is 32.2. The van der Waals surface area contributed by atoms with Crippen LogP contribution in [-0.2, 0) is 4.79 Å². The van der Waals surface area contributed by atoms with Crippen molar-refractivity contribution in [3.05, 3.63) is 0 Å². The Morgan fingerprint density at radius 3 is 2.26 bits per heavy atom. The number of hydrogen-bond acceptors (Lipinski definition) is 3. The van der Waals surface area contributed by atoms with Gasteiger partial charge in [0.25, 0.3) is 0 Å². The van der Waals surface area contributed by atoms with E-state index in [4.69, 9.17) is 10.8 Å². The van der Waals surface area contributed by atoms with E-state index in [9.17, 15) is 4.79 Å². The summed E-state index contributed by atoms with van der Waals surface area (Å²) in [6, 6.07) is -0.735. The topological polar surface area (TPSA) is 63.3 Å². The Morgan fingerprint density at radius 2 is 1.74 bits per heavy atom. The smallest absolute Gasteiger partial charge is 0.321 e. The minimum Gasteiger partial charge on any atom is -0.480 e. The fraction of sp³-hybridized carbons (Fsp3) is 0.933. The average molecular weight is 289 g/mol. The molecule has 0 heterocycles. The zero-order valence-corrected chi connectivity index (χ0v) is 13.6. The molecular formula is C15H31NO2S. The van der Waals surface area contributed by atoms with Gasteiger partial charge in [-0.3, -0.25) is 4.79 Å². The second-order valence-electron chi connectivity index (χ2n) is 5.62. The van der Waals surface area contributed by atoms with E-state index in [0.717, 1.165) is 6.42 Å². The highest BCUT2D eigenvalue weighted by molar-refractivity contribution is 8.00. The lowest BCUT2D eigenvalue weighted by molar-refractivity contribution is -0.137. The molecule has 0 aliphatic rings. The number of thioether (sulfide) groups is 1. The summed E-state index contributed by atoms with van der Waals surface area (Å²) in [4.78, 5) is 10.8. The average Bonchev–Trinajstić information content (AvgIpc) is 2.39. The molecule has 0 radical (unpaired) electrons. The maximum absolute atomic E-state index is 10.8. The highest BCUT2D eigenvalue weighted by Crippen LogP contribution is 2.36. The number of rotatable bonds is 12. The molecule has 0 bridgehead atoms. The first-order valence-corrected chi connectivity index (χ1v) is 8.56. The number of aliphatic carboxylic acids is 1. The van der Waals surface area contributed by atoms with Crippen molar-refractivity contribution in [2.24, 2.45) is 5.73 Å². The first-order valence-electron chi connectivity index (χ1n) is 7.57. The van der Waals surface area contributed by atoms with Crippen molar-refractivity contribution in [2.45, 2.75) is 82.9 Å². The van der Waals surface area contributed by atoms with Gasteiger partial charge in [0, 0.05) is 10.5 Å². The number of nitrogens with two attached hydrogens (primary N) is 1. The molecule has 0 aromatic rings. The largest absolute Gasteiger partial charge is 0.480 e. The Labute approximate surface area is 122 Å². The zero-order chi connectivity index (χ0) is 14.7. The standard InChI is InChI=1S/C15H31NO2S/c1-4-6-8-9-11-15(3,10-7-5-2)19-12-13(16)14(17)18/h13H,4-12,16H2,1-3H3,(H,17,18). The number of carbonyl (C=O) groups is 1. The number of unbranched alkanes of at least 4 members (excludes halogenated alkanes) is 4. The van der Waals surface area contributed by atoms with Crippen LogP contribution in [0.2, 0.25) is 0 Å². The molecule has 3 nitrogen and oxygen atoms in total. The summed E-state index contributed by atoms with van der Waals surface area (Å²) >= 11 is 1.75. The van der Waals surface area contributed by atoms with Crippen LogP contribution in [0.3, 0.4) is 0 Å². The van der Waals surface area contributed by atoms with Crippen molar-refractivity contribution in [3.8, 4) is 0 Å². The first-order chi connectivity index (χ1) is 8.95. The van der Waals surface area contributed by atoms with Crippen LogP contribution in [0.25, 0.3) is 0 Å². The molecule has 2 atom stereocenters. The van der Waals surface area contributed by atoms with Crippen molar-refractivity contribution in [3.63, 3.8) is 0 Å². The quantitative estimate of drug-likeness (QED) is 0.532. The van der Waals surface area contributed by atoms with E-state index in [-0.39, 0.29) is 4.75 Å². The van der Waals surface area contributed by atoms with Crippen LogP contribution < -0.4 is 5.73 Å². The van der Waals surface area contributed by atoms with E-state index in [1.165, 1.54) is 44.9 Å². The third kappa shape index (κ3) is 9.33. The monoisotopic (exact) mass is 289 g/mol. The van der Waals surface area contributed by atoms with Crippen LogP contribution in [0.1, 0.15) is 72.1 Å². The highest BCUT2D eigenvalue weighted by Gasteiger charge is 2.26. The molecule has 0 aromatic carbocycles. The molecule has 0 rings (SSSR count). The van der Waals surface area contributed by atoms with Crippen LogP contribution >= 0.6 is 11.8 Å². The fourth-order valence-electron chi connectivity index (χ4n) is 2.11. The summed E-state index contributed by atoms with van der Waals surface area (Å²) in [6.07, 6.45) is 9.80. The van der Waals surface area contributed by atoms with E-state index < -0.39 is 12.0 Å². The van der Waals surface area contributed by atoms with Crippen molar-refractivity contribution >= 4 is 17.7 Å². The maximum atomic E-state index is 10.8. The van der Waals surface area contributed by atoms with Gasteiger partial charge in [-0.25, -0.2) is 0 Å². The minimum absolute atomic E-state index is 0.191. The van der Waals surface area contributed by atoms with E-state index in [1.807, 2.05) is 0 Å². The molecule has 2 unspecified atom stereocenters. The maximum Gasteiger partial charge on any atom is 0.321 e. The summed E-state index contributed by atoms with van der Waals surface area (Å²) in [5.74, 6) is -0.375. The van der Waals surface area contributed by atoms with E-state index >= 15 is 0 Å². The molecule has 0 amide bonds. The van der Waals surface area contributed by atoms with Crippen LogP contribution in [0.15, 0.2) is 0 Å². The van der Waals surface area contributed by atoms with E-state index in [0.29, 0.717) is 5.75 Å². The minimum atomic E-state index is -0.892. The number of carboxylic acids is 1. The van der Waals surface area contributed by atoms with Crippen LogP contribution in [-0.4, -0.2) is 27.6 Å². The summed E-state index contributed by atoms with van der Waals surface area (Å²) in [5, 5.41) is 8.86. The summed E-state index contributed by atoms with van der Waals surface area (Å²) in [5.41, 5.74) is 5.61. The van der Waals surface area contributed by atoms with Gasteiger partial charge in [-0.2, -0.15) is 11.8 Å². The summed E-state index contributed by atoms with van der Waals surface area (Å²) in [6.45, 7) is 6.69.